The molecule has 1 heterocycles. The van der Waals surface area contributed by atoms with Gasteiger partial charge < -0.3 is 25.3 Å². The summed E-state index contributed by atoms with van der Waals surface area (Å²) in [5.41, 5.74) is 2.43. The van der Waals surface area contributed by atoms with Crippen molar-refractivity contribution >= 4 is 17.9 Å². The molecule has 0 aliphatic carbocycles. The first-order chi connectivity index (χ1) is 24.1. The normalized spacial score (nSPS) is 12.2. The Hall–Kier alpha value is -4.92. The summed E-state index contributed by atoms with van der Waals surface area (Å²) in [4.78, 5) is 43.6. The van der Waals surface area contributed by atoms with Crippen LogP contribution in [0.5, 0.6) is 0 Å². The Kier molecular flexibility index (Phi) is 14.2. The standard InChI is InChI=1S/C41H53N5O4/c1-5-6-7-8-9-19-27-42-38(48)36(45-37(47)26-28-43-39(49)50-40(2,3)4)29-35-30-46(31-44-35)41(32-20-13-10-14-21-32,33-22-15-11-16-23-33)34-24-17-12-18-25-34/h10-18,20-25,30-31,36H,5-9,19,26-29H2,1-4H3,(H,42,48)(H,43,49)(H,45,47)/t36-/m0/s1. The van der Waals surface area contributed by atoms with Crippen LogP contribution in [0.1, 0.15) is 95.0 Å². The molecule has 0 unspecified atom stereocenters. The molecule has 0 saturated heterocycles. The van der Waals surface area contributed by atoms with E-state index in [9.17, 15) is 14.4 Å². The van der Waals surface area contributed by atoms with Gasteiger partial charge in [0.1, 0.15) is 17.2 Å². The van der Waals surface area contributed by atoms with Crippen LogP contribution in [0.3, 0.4) is 0 Å². The Morgan fingerprint density at radius 3 is 1.82 bits per heavy atom. The van der Waals surface area contributed by atoms with Crippen molar-refractivity contribution in [2.45, 2.75) is 96.2 Å². The predicted molar refractivity (Wildman–Crippen MR) is 198 cm³/mol. The van der Waals surface area contributed by atoms with Gasteiger partial charge in [0.15, 0.2) is 0 Å². The lowest BCUT2D eigenvalue weighted by Crippen LogP contribution is -2.49. The minimum atomic E-state index is -0.855. The smallest absolute Gasteiger partial charge is 0.407 e. The van der Waals surface area contributed by atoms with Crippen LogP contribution in [-0.4, -0.2) is 52.2 Å². The van der Waals surface area contributed by atoms with E-state index >= 15 is 0 Å². The summed E-state index contributed by atoms with van der Waals surface area (Å²) in [6, 6.07) is 30.0. The fourth-order valence-electron chi connectivity index (χ4n) is 6.15. The number of hydrogen-bond acceptors (Lipinski definition) is 5. The quantitative estimate of drug-likeness (QED) is 0.0764. The molecule has 0 bridgehead atoms. The molecular formula is C41H53N5O4. The fourth-order valence-corrected chi connectivity index (χ4v) is 6.15. The average Bonchev–Trinajstić information content (AvgIpc) is 3.57. The number of amides is 3. The van der Waals surface area contributed by atoms with Crippen LogP contribution in [0.15, 0.2) is 104 Å². The van der Waals surface area contributed by atoms with Crippen LogP contribution < -0.4 is 16.0 Å². The summed E-state index contributed by atoms with van der Waals surface area (Å²) in [6.07, 6.45) is 10.0. The monoisotopic (exact) mass is 679 g/mol. The van der Waals surface area contributed by atoms with Gasteiger partial charge in [0.25, 0.3) is 0 Å². The molecule has 266 valence electrons. The third-order valence-corrected chi connectivity index (χ3v) is 8.51. The molecule has 0 spiro atoms. The van der Waals surface area contributed by atoms with Crippen molar-refractivity contribution in [3.8, 4) is 0 Å². The van der Waals surface area contributed by atoms with E-state index in [1.165, 1.54) is 19.3 Å². The van der Waals surface area contributed by atoms with E-state index in [4.69, 9.17) is 9.72 Å². The maximum atomic E-state index is 13.6. The number of hydrogen-bond donors (Lipinski definition) is 3. The first-order valence-electron chi connectivity index (χ1n) is 17.9. The van der Waals surface area contributed by atoms with Crippen molar-refractivity contribution in [2.75, 3.05) is 13.1 Å². The molecule has 9 heteroatoms. The minimum absolute atomic E-state index is 0.00593. The number of carbonyl (C=O) groups excluding carboxylic acids is 3. The van der Waals surface area contributed by atoms with Crippen LogP contribution in [0.25, 0.3) is 0 Å². The summed E-state index contributed by atoms with van der Waals surface area (Å²) in [6.45, 7) is 8.13. The van der Waals surface area contributed by atoms with Gasteiger partial charge in [0, 0.05) is 32.1 Å². The van der Waals surface area contributed by atoms with Crippen LogP contribution >= 0.6 is 0 Å². The Bertz CT molecular complexity index is 1520. The van der Waals surface area contributed by atoms with E-state index in [0.29, 0.717) is 12.2 Å². The molecule has 0 fully saturated rings. The number of rotatable bonds is 18. The third kappa shape index (κ3) is 10.8. The molecule has 0 saturated carbocycles. The molecule has 1 atom stereocenters. The number of carbonyl (C=O) groups is 3. The topological polar surface area (TPSA) is 114 Å². The third-order valence-electron chi connectivity index (χ3n) is 8.51. The van der Waals surface area contributed by atoms with Gasteiger partial charge in [-0.05, 0) is 43.9 Å². The molecule has 0 radical (unpaired) electrons. The van der Waals surface area contributed by atoms with Crippen molar-refractivity contribution in [1.82, 2.24) is 25.5 Å². The Labute approximate surface area is 297 Å². The second kappa shape index (κ2) is 18.7. The summed E-state index contributed by atoms with van der Waals surface area (Å²) < 4.78 is 7.37. The summed E-state index contributed by atoms with van der Waals surface area (Å²) in [7, 11) is 0. The van der Waals surface area contributed by atoms with Crippen LogP contribution in [-0.2, 0) is 26.3 Å². The molecule has 3 amide bonds. The number of ether oxygens (including phenoxy) is 1. The van der Waals surface area contributed by atoms with Gasteiger partial charge in [-0.3, -0.25) is 9.59 Å². The van der Waals surface area contributed by atoms with Gasteiger partial charge in [0.05, 0.1) is 12.0 Å². The Morgan fingerprint density at radius 2 is 1.28 bits per heavy atom. The van der Waals surface area contributed by atoms with Crippen molar-refractivity contribution in [1.29, 1.82) is 0 Å². The zero-order valence-corrected chi connectivity index (χ0v) is 30.0. The fraction of sp³-hybridized carbons (Fsp3) is 0.415. The van der Waals surface area contributed by atoms with E-state index in [1.54, 1.807) is 27.1 Å². The maximum Gasteiger partial charge on any atom is 0.407 e. The van der Waals surface area contributed by atoms with Gasteiger partial charge in [-0.15, -0.1) is 0 Å². The average molecular weight is 680 g/mol. The lowest BCUT2D eigenvalue weighted by Gasteiger charge is -2.37. The van der Waals surface area contributed by atoms with Gasteiger partial charge >= 0.3 is 6.09 Å². The highest BCUT2D eigenvalue weighted by atomic mass is 16.6. The van der Waals surface area contributed by atoms with Gasteiger partial charge in [-0.2, -0.15) is 0 Å². The van der Waals surface area contributed by atoms with E-state index < -0.39 is 23.3 Å². The zero-order valence-electron chi connectivity index (χ0n) is 30.0. The number of benzene rings is 3. The van der Waals surface area contributed by atoms with E-state index in [-0.39, 0.29) is 31.2 Å². The van der Waals surface area contributed by atoms with Crippen LogP contribution in [0.4, 0.5) is 4.79 Å². The minimum Gasteiger partial charge on any atom is -0.444 e. The Morgan fingerprint density at radius 1 is 0.740 bits per heavy atom. The molecular weight excluding hydrogens is 626 g/mol. The molecule has 4 rings (SSSR count). The zero-order chi connectivity index (χ0) is 35.8. The summed E-state index contributed by atoms with van der Waals surface area (Å²) in [5, 5.41) is 8.56. The Balaban J connectivity index is 1.58. The van der Waals surface area contributed by atoms with Gasteiger partial charge in [-0.25, -0.2) is 9.78 Å². The molecule has 3 aromatic carbocycles. The SMILES string of the molecule is CCCCCCCCNC(=O)[C@H](Cc1cn(C(c2ccccc2)(c2ccccc2)c2ccccc2)cn1)NC(=O)CCNC(=O)OC(C)(C)C. The largest absolute Gasteiger partial charge is 0.444 e. The number of alkyl carbamates (subject to hydrolysis) is 1. The number of unbranched alkanes of at least 4 members (excludes halogenated alkanes) is 5. The van der Waals surface area contributed by atoms with Crippen molar-refractivity contribution in [2.24, 2.45) is 0 Å². The molecule has 0 aliphatic rings. The highest BCUT2D eigenvalue weighted by Gasteiger charge is 2.38. The molecule has 0 aliphatic heterocycles. The lowest BCUT2D eigenvalue weighted by molar-refractivity contribution is -0.129. The van der Waals surface area contributed by atoms with Gasteiger partial charge in [-0.1, -0.05) is 130 Å². The first kappa shape index (κ1) is 37.9. The van der Waals surface area contributed by atoms with Crippen LogP contribution in [0, 0.1) is 0 Å². The maximum absolute atomic E-state index is 13.6. The second-order valence-corrected chi connectivity index (χ2v) is 13.6. The summed E-state index contributed by atoms with van der Waals surface area (Å²) in [5.74, 6) is -0.616. The number of nitrogens with zero attached hydrogens (tertiary/aromatic N) is 2. The number of nitrogens with one attached hydrogen (secondary N) is 3. The van der Waals surface area contributed by atoms with Gasteiger partial charge in [0.2, 0.25) is 11.8 Å². The number of imidazole rings is 1. The summed E-state index contributed by atoms with van der Waals surface area (Å²) >= 11 is 0. The van der Waals surface area contributed by atoms with E-state index in [2.05, 4.69) is 63.8 Å². The highest BCUT2D eigenvalue weighted by molar-refractivity contribution is 5.88. The second-order valence-electron chi connectivity index (χ2n) is 13.6. The first-order valence-corrected chi connectivity index (χ1v) is 17.9. The predicted octanol–water partition coefficient (Wildman–Crippen LogP) is 7.14. The van der Waals surface area contributed by atoms with Crippen molar-refractivity contribution < 1.29 is 19.1 Å². The molecule has 1 aromatic heterocycles. The number of aromatic nitrogens is 2. The lowest BCUT2D eigenvalue weighted by atomic mass is 9.77. The highest BCUT2D eigenvalue weighted by Crippen LogP contribution is 2.40. The van der Waals surface area contributed by atoms with E-state index in [1.807, 2.05) is 60.8 Å². The molecule has 9 nitrogen and oxygen atoms in total. The molecule has 4 aromatic rings. The van der Waals surface area contributed by atoms with E-state index in [0.717, 1.165) is 36.0 Å². The molecule has 3 N–H and O–H groups in total. The van der Waals surface area contributed by atoms with Crippen molar-refractivity contribution in [3.63, 3.8) is 0 Å². The van der Waals surface area contributed by atoms with Crippen LogP contribution in [0.2, 0.25) is 0 Å². The molecule has 50 heavy (non-hydrogen) atoms. The van der Waals surface area contributed by atoms with Crippen molar-refractivity contribution in [3.05, 3.63) is 126 Å².